The Balaban J connectivity index is 1.82. The van der Waals surface area contributed by atoms with Crippen LogP contribution in [-0.2, 0) is 21.4 Å². The number of nitrogens with zero attached hydrogens (tertiary/aromatic N) is 2. The van der Waals surface area contributed by atoms with Crippen molar-refractivity contribution in [1.29, 1.82) is 0 Å². The topological polar surface area (TPSA) is 80.6 Å². The van der Waals surface area contributed by atoms with Gasteiger partial charge in [0.1, 0.15) is 5.69 Å². The Morgan fingerprint density at radius 1 is 1.20 bits per heavy atom. The van der Waals surface area contributed by atoms with Crippen LogP contribution in [0.15, 0.2) is 47.1 Å². The number of amides is 2. The van der Waals surface area contributed by atoms with E-state index in [1.807, 2.05) is 6.07 Å². The number of para-hydroxylation sites is 1. The third kappa shape index (κ3) is 5.18. The molecule has 0 aliphatic carbocycles. The average Bonchev–Trinajstić information content (AvgIpc) is 3.00. The second-order valence-corrected chi connectivity index (χ2v) is 6.21. The van der Waals surface area contributed by atoms with Gasteiger partial charge in [-0.1, -0.05) is 12.1 Å². The predicted octanol–water partition coefficient (Wildman–Crippen LogP) is 2.04. The van der Waals surface area contributed by atoms with Crippen LogP contribution in [-0.4, -0.2) is 47.4 Å². The van der Waals surface area contributed by atoms with Crippen molar-refractivity contribution in [2.45, 2.75) is 0 Å². The molecular formula is C17H18BrN3O4. The van der Waals surface area contributed by atoms with Gasteiger partial charge in [-0.25, -0.2) is 4.79 Å². The number of rotatable bonds is 6. The standard InChI is InChI=1S/C17H18BrN3O4/c1-20-9-5-8-14(20)17(24)25-11-16(23)21(2)10-15(22)19-13-7-4-3-6-12(13)18/h3-9H,10-11H2,1-2H3,(H,19,22). The Bertz CT molecular complexity index is 788. The lowest BCUT2D eigenvalue weighted by Gasteiger charge is -2.17. The van der Waals surface area contributed by atoms with Crippen LogP contribution in [0.3, 0.4) is 0 Å². The molecule has 25 heavy (non-hydrogen) atoms. The maximum Gasteiger partial charge on any atom is 0.355 e. The van der Waals surface area contributed by atoms with Gasteiger partial charge in [-0.2, -0.15) is 0 Å². The summed E-state index contributed by atoms with van der Waals surface area (Å²) in [5, 5.41) is 2.70. The molecule has 1 aromatic heterocycles. The second kappa shape index (κ2) is 8.48. The molecule has 2 amide bonds. The molecule has 7 nitrogen and oxygen atoms in total. The first-order valence-corrected chi connectivity index (χ1v) is 8.24. The molecule has 8 heteroatoms. The van der Waals surface area contributed by atoms with Crippen LogP contribution < -0.4 is 5.32 Å². The third-order valence-electron chi connectivity index (χ3n) is 3.43. The van der Waals surface area contributed by atoms with E-state index in [-0.39, 0.29) is 12.5 Å². The summed E-state index contributed by atoms with van der Waals surface area (Å²) in [6, 6.07) is 10.5. The normalized spacial score (nSPS) is 10.2. The average molecular weight is 408 g/mol. The highest BCUT2D eigenvalue weighted by atomic mass is 79.9. The van der Waals surface area contributed by atoms with Crippen LogP contribution >= 0.6 is 15.9 Å². The lowest BCUT2D eigenvalue weighted by molar-refractivity contribution is -0.136. The summed E-state index contributed by atoms with van der Waals surface area (Å²) < 4.78 is 7.32. The number of halogens is 1. The molecule has 0 unspecified atom stereocenters. The van der Waals surface area contributed by atoms with E-state index in [0.717, 1.165) is 4.47 Å². The summed E-state index contributed by atoms with van der Waals surface area (Å²) in [6.45, 7) is -0.579. The van der Waals surface area contributed by atoms with Gasteiger partial charge in [0, 0.05) is 24.8 Å². The molecule has 1 heterocycles. The summed E-state index contributed by atoms with van der Waals surface area (Å²) in [6.07, 6.45) is 1.70. The number of aromatic nitrogens is 1. The fourth-order valence-electron chi connectivity index (χ4n) is 2.04. The largest absolute Gasteiger partial charge is 0.451 e. The quantitative estimate of drug-likeness (QED) is 0.742. The SMILES string of the molecule is CN(CC(=O)Nc1ccccc1Br)C(=O)COC(=O)c1cccn1C. The van der Waals surface area contributed by atoms with Crippen molar-refractivity contribution in [2.24, 2.45) is 7.05 Å². The highest BCUT2D eigenvalue weighted by molar-refractivity contribution is 9.10. The molecule has 2 rings (SSSR count). The molecule has 1 aromatic carbocycles. The van der Waals surface area contributed by atoms with Crippen LogP contribution in [0.25, 0.3) is 0 Å². The minimum atomic E-state index is -0.591. The summed E-state index contributed by atoms with van der Waals surface area (Å²) in [5.74, 6) is -1.41. The molecule has 0 fully saturated rings. The molecule has 1 N–H and O–H groups in total. The number of benzene rings is 1. The van der Waals surface area contributed by atoms with Gasteiger partial charge in [0.2, 0.25) is 5.91 Å². The first-order chi connectivity index (χ1) is 11.9. The number of aryl methyl sites for hydroxylation is 1. The van der Waals surface area contributed by atoms with Crippen molar-refractivity contribution in [1.82, 2.24) is 9.47 Å². The molecule has 2 aromatic rings. The molecular weight excluding hydrogens is 390 g/mol. The van der Waals surface area contributed by atoms with Crippen molar-refractivity contribution in [2.75, 3.05) is 25.5 Å². The molecule has 0 saturated heterocycles. The predicted molar refractivity (Wildman–Crippen MR) is 96.1 cm³/mol. The molecule has 0 aliphatic heterocycles. The number of carbonyl (C=O) groups excluding carboxylic acids is 3. The number of hydrogen-bond acceptors (Lipinski definition) is 4. The van der Waals surface area contributed by atoms with Crippen LogP contribution in [0.1, 0.15) is 10.5 Å². The maximum absolute atomic E-state index is 12.0. The molecule has 0 spiro atoms. The second-order valence-electron chi connectivity index (χ2n) is 5.36. The van der Waals surface area contributed by atoms with Crippen LogP contribution in [0.5, 0.6) is 0 Å². The number of ether oxygens (including phenoxy) is 1. The Labute approximate surface area is 153 Å². The molecule has 0 atom stereocenters. The number of nitrogens with one attached hydrogen (secondary N) is 1. The minimum Gasteiger partial charge on any atom is -0.451 e. The zero-order valence-electron chi connectivity index (χ0n) is 13.9. The van der Waals surface area contributed by atoms with E-state index in [2.05, 4.69) is 21.2 Å². The zero-order valence-corrected chi connectivity index (χ0v) is 15.4. The number of hydrogen-bond donors (Lipinski definition) is 1. The van der Waals surface area contributed by atoms with Gasteiger partial charge in [-0.3, -0.25) is 9.59 Å². The summed E-state index contributed by atoms with van der Waals surface area (Å²) in [4.78, 5) is 37.1. The Morgan fingerprint density at radius 2 is 1.92 bits per heavy atom. The van der Waals surface area contributed by atoms with E-state index in [4.69, 9.17) is 4.74 Å². The van der Waals surface area contributed by atoms with Crippen molar-refractivity contribution in [3.05, 3.63) is 52.8 Å². The Kier molecular flexibility index (Phi) is 6.35. The van der Waals surface area contributed by atoms with Crippen molar-refractivity contribution < 1.29 is 19.1 Å². The van der Waals surface area contributed by atoms with E-state index in [9.17, 15) is 14.4 Å². The first kappa shape index (κ1) is 18.7. The van der Waals surface area contributed by atoms with Gasteiger partial charge >= 0.3 is 5.97 Å². The van der Waals surface area contributed by atoms with Crippen molar-refractivity contribution >= 4 is 39.4 Å². The minimum absolute atomic E-state index is 0.151. The lowest BCUT2D eigenvalue weighted by atomic mass is 10.3. The first-order valence-electron chi connectivity index (χ1n) is 7.45. The van der Waals surface area contributed by atoms with Crippen molar-refractivity contribution in [3.63, 3.8) is 0 Å². The smallest absolute Gasteiger partial charge is 0.355 e. The fraction of sp³-hybridized carbons (Fsp3) is 0.235. The molecule has 0 bridgehead atoms. The zero-order chi connectivity index (χ0) is 18.4. The molecule has 0 radical (unpaired) electrons. The van der Waals surface area contributed by atoms with E-state index < -0.39 is 18.5 Å². The van der Waals surface area contributed by atoms with Gasteiger partial charge in [0.25, 0.3) is 5.91 Å². The molecule has 132 valence electrons. The Hall–Kier alpha value is -2.61. The fourth-order valence-corrected chi connectivity index (χ4v) is 2.42. The molecule has 0 saturated carbocycles. The van der Waals surface area contributed by atoms with Gasteiger partial charge in [-0.05, 0) is 40.2 Å². The lowest BCUT2D eigenvalue weighted by Crippen LogP contribution is -2.37. The van der Waals surface area contributed by atoms with E-state index >= 15 is 0 Å². The number of carbonyl (C=O) groups is 3. The Morgan fingerprint density at radius 3 is 2.56 bits per heavy atom. The van der Waals surface area contributed by atoms with Gasteiger partial charge in [0.05, 0.1) is 12.2 Å². The van der Waals surface area contributed by atoms with Crippen LogP contribution in [0.4, 0.5) is 5.69 Å². The van der Waals surface area contributed by atoms with Crippen LogP contribution in [0, 0.1) is 0 Å². The molecule has 0 aliphatic rings. The maximum atomic E-state index is 12.0. The number of esters is 1. The number of anilines is 1. The van der Waals surface area contributed by atoms with E-state index in [1.165, 1.54) is 11.9 Å². The van der Waals surface area contributed by atoms with E-state index in [1.54, 1.807) is 48.1 Å². The summed E-state index contributed by atoms with van der Waals surface area (Å²) >= 11 is 3.33. The monoisotopic (exact) mass is 407 g/mol. The van der Waals surface area contributed by atoms with Gasteiger partial charge in [0.15, 0.2) is 6.61 Å². The highest BCUT2D eigenvalue weighted by Gasteiger charge is 2.17. The van der Waals surface area contributed by atoms with Crippen molar-refractivity contribution in [3.8, 4) is 0 Å². The van der Waals surface area contributed by atoms with Gasteiger partial charge < -0.3 is 19.5 Å². The van der Waals surface area contributed by atoms with E-state index in [0.29, 0.717) is 11.4 Å². The highest BCUT2D eigenvalue weighted by Crippen LogP contribution is 2.20. The summed E-state index contributed by atoms with van der Waals surface area (Å²) in [7, 11) is 3.18. The van der Waals surface area contributed by atoms with Crippen LogP contribution in [0.2, 0.25) is 0 Å². The summed E-state index contributed by atoms with van der Waals surface area (Å²) in [5.41, 5.74) is 0.964. The van der Waals surface area contributed by atoms with Gasteiger partial charge in [-0.15, -0.1) is 0 Å². The number of likely N-dealkylation sites (N-methyl/N-ethyl adjacent to an activating group) is 1. The third-order valence-corrected chi connectivity index (χ3v) is 4.13.